The lowest BCUT2D eigenvalue weighted by Gasteiger charge is -2.05. The number of rotatable bonds is 4. The SMILES string of the molecule is O=[N+]([O-])c1cccc(S(=O)(=O)Nc2cn[nH]c2)c1. The van der Waals surface area contributed by atoms with Crippen LogP contribution in [0.1, 0.15) is 0 Å². The third kappa shape index (κ3) is 2.46. The zero-order chi connectivity index (χ0) is 13.2. The Balaban J connectivity index is 2.35. The van der Waals surface area contributed by atoms with E-state index in [2.05, 4.69) is 14.9 Å². The molecule has 0 atom stereocenters. The van der Waals surface area contributed by atoms with Gasteiger partial charge in [-0.2, -0.15) is 5.10 Å². The number of hydrogen-bond donors (Lipinski definition) is 2. The van der Waals surface area contributed by atoms with E-state index in [1.54, 1.807) is 0 Å². The molecule has 0 aliphatic rings. The van der Waals surface area contributed by atoms with E-state index >= 15 is 0 Å². The van der Waals surface area contributed by atoms with Gasteiger partial charge in [-0.3, -0.25) is 19.9 Å². The summed E-state index contributed by atoms with van der Waals surface area (Å²) < 4.78 is 26.0. The quantitative estimate of drug-likeness (QED) is 0.636. The molecule has 2 N–H and O–H groups in total. The highest BCUT2D eigenvalue weighted by atomic mass is 32.2. The molecule has 18 heavy (non-hydrogen) atoms. The van der Waals surface area contributed by atoms with Crippen molar-refractivity contribution in [3.05, 3.63) is 46.8 Å². The van der Waals surface area contributed by atoms with E-state index in [9.17, 15) is 18.5 Å². The van der Waals surface area contributed by atoms with Crippen LogP contribution in [0.25, 0.3) is 0 Å². The number of nitro benzene ring substituents is 1. The van der Waals surface area contributed by atoms with Crippen LogP contribution >= 0.6 is 0 Å². The number of nitro groups is 1. The molecule has 8 nitrogen and oxygen atoms in total. The molecule has 0 amide bonds. The van der Waals surface area contributed by atoms with Crippen LogP contribution in [0.5, 0.6) is 0 Å². The molecular weight excluding hydrogens is 260 g/mol. The van der Waals surface area contributed by atoms with Crippen LogP contribution in [-0.2, 0) is 10.0 Å². The molecule has 9 heteroatoms. The van der Waals surface area contributed by atoms with E-state index in [1.807, 2.05) is 0 Å². The standard InChI is InChI=1S/C9H8N4O4S/c14-13(15)8-2-1-3-9(4-8)18(16,17)12-7-5-10-11-6-7/h1-6,12H,(H,10,11). The minimum Gasteiger partial charge on any atom is -0.284 e. The van der Waals surface area contributed by atoms with Gasteiger partial charge in [-0.25, -0.2) is 8.42 Å². The van der Waals surface area contributed by atoms with Crippen molar-refractivity contribution in [3.8, 4) is 0 Å². The molecule has 0 bridgehead atoms. The number of sulfonamides is 1. The van der Waals surface area contributed by atoms with Crippen molar-refractivity contribution < 1.29 is 13.3 Å². The van der Waals surface area contributed by atoms with Crippen molar-refractivity contribution in [2.75, 3.05) is 4.72 Å². The molecule has 0 saturated carbocycles. The summed E-state index contributed by atoms with van der Waals surface area (Å²) in [6, 6.07) is 4.79. The number of non-ortho nitro benzene ring substituents is 1. The number of benzene rings is 1. The molecule has 0 aliphatic heterocycles. The van der Waals surface area contributed by atoms with Crippen molar-refractivity contribution in [1.29, 1.82) is 0 Å². The van der Waals surface area contributed by atoms with Gasteiger partial charge in [0.2, 0.25) is 0 Å². The van der Waals surface area contributed by atoms with E-state index in [-0.39, 0.29) is 16.3 Å². The topological polar surface area (TPSA) is 118 Å². The lowest BCUT2D eigenvalue weighted by molar-refractivity contribution is -0.385. The predicted octanol–water partition coefficient (Wildman–Crippen LogP) is 1.12. The maximum atomic E-state index is 11.9. The van der Waals surface area contributed by atoms with Crippen molar-refractivity contribution in [2.45, 2.75) is 4.90 Å². The summed E-state index contributed by atoms with van der Waals surface area (Å²) in [5.74, 6) is 0. The fourth-order valence-electron chi connectivity index (χ4n) is 1.29. The summed E-state index contributed by atoms with van der Waals surface area (Å²) in [5.41, 5.74) is -0.0356. The molecule has 94 valence electrons. The Labute approximate surface area is 102 Å². The summed E-state index contributed by atoms with van der Waals surface area (Å²) >= 11 is 0. The fraction of sp³-hybridized carbons (Fsp3) is 0. The number of nitrogens with one attached hydrogen (secondary N) is 2. The van der Waals surface area contributed by atoms with E-state index in [4.69, 9.17) is 0 Å². The second kappa shape index (κ2) is 4.45. The molecule has 1 aromatic carbocycles. The maximum absolute atomic E-state index is 11.9. The predicted molar refractivity (Wildman–Crippen MR) is 62.5 cm³/mol. The largest absolute Gasteiger partial charge is 0.284 e. The number of nitrogens with zero attached hydrogens (tertiary/aromatic N) is 2. The van der Waals surface area contributed by atoms with Crippen LogP contribution in [0.2, 0.25) is 0 Å². The van der Waals surface area contributed by atoms with Crippen molar-refractivity contribution in [2.24, 2.45) is 0 Å². The maximum Gasteiger partial charge on any atom is 0.270 e. The minimum absolute atomic E-state index is 0.182. The van der Waals surface area contributed by atoms with Gasteiger partial charge in [-0.1, -0.05) is 6.07 Å². The number of H-pyrrole nitrogens is 1. The zero-order valence-corrected chi connectivity index (χ0v) is 9.72. The first-order valence-electron chi connectivity index (χ1n) is 4.75. The Bertz CT molecular complexity index is 666. The first-order valence-corrected chi connectivity index (χ1v) is 6.23. The molecular formula is C9H8N4O4S. The molecule has 0 saturated heterocycles. The van der Waals surface area contributed by atoms with Gasteiger partial charge < -0.3 is 0 Å². The lowest BCUT2D eigenvalue weighted by atomic mass is 10.3. The highest BCUT2D eigenvalue weighted by molar-refractivity contribution is 7.92. The molecule has 1 heterocycles. The summed E-state index contributed by atoms with van der Waals surface area (Å²) in [6.45, 7) is 0. The average molecular weight is 268 g/mol. The molecule has 1 aromatic heterocycles. The normalized spacial score (nSPS) is 11.1. The molecule has 2 aromatic rings. The van der Waals surface area contributed by atoms with E-state index in [0.717, 1.165) is 6.07 Å². The van der Waals surface area contributed by atoms with Gasteiger partial charge >= 0.3 is 0 Å². The van der Waals surface area contributed by atoms with Gasteiger partial charge in [-0.05, 0) is 6.07 Å². The molecule has 2 rings (SSSR count). The number of aromatic nitrogens is 2. The second-order valence-corrected chi connectivity index (χ2v) is 5.03. The Morgan fingerprint density at radius 1 is 1.39 bits per heavy atom. The number of aromatic amines is 1. The molecule has 0 unspecified atom stereocenters. The van der Waals surface area contributed by atoms with E-state index in [0.29, 0.717) is 0 Å². The summed E-state index contributed by atoms with van der Waals surface area (Å²) in [4.78, 5) is 9.73. The first-order chi connectivity index (χ1) is 8.49. The monoisotopic (exact) mass is 268 g/mol. The van der Waals surface area contributed by atoms with Gasteiger partial charge in [0.05, 0.1) is 21.7 Å². The lowest BCUT2D eigenvalue weighted by Crippen LogP contribution is -2.12. The van der Waals surface area contributed by atoms with Crippen molar-refractivity contribution >= 4 is 21.4 Å². The minimum atomic E-state index is -3.85. The third-order valence-electron chi connectivity index (χ3n) is 2.09. The van der Waals surface area contributed by atoms with Crippen molar-refractivity contribution in [3.63, 3.8) is 0 Å². The van der Waals surface area contributed by atoms with Crippen LogP contribution < -0.4 is 4.72 Å². The molecule has 0 radical (unpaired) electrons. The van der Waals surface area contributed by atoms with Gasteiger partial charge in [0, 0.05) is 18.3 Å². The van der Waals surface area contributed by atoms with Gasteiger partial charge in [0.1, 0.15) is 0 Å². The second-order valence-electron chi connectivity index (χ2n) is 3.35. The van der Waals surface area contributed by atoms with Crippen LogP contribution in [0.4, 0.5) is 11.4 Å². The van der Waals surface area contributed by atoms with Crippen LogP contribution in [-0.4, -0.2) is 23.5 Å². The molecule has 0 spiro atoms. The third-order valence-corrected chi connectivity index (χ3v) is 3.47. The Kier molecular flexibility index (Phi) is 2.98. The van der Waals surface area contributed by atoms with E-state index < -0.39 is 14.9 Å². The summed E-state index contributed by atoms with van der Waals surface area (Å²) in [7, 11) is -3.85. The fourth-order valence-corrected chi connectivity index (χ4v) is 2.36. The summed E-state index contributed by atoms with van der Waals surface area (Å²) in [5, 5.41) is 16.6. The van der Waals surface area contributed by atoms with Gasteiger partial charge in [0.25, 0.3) is 15.7 Å². The molecule has 0 aliphatic carbocycles. The highest BCUT2D eigenvalue weighted by Gasteiger charge is 2.17. The summed E-state index contributed by atoms with van der Waals surface area (Å²) in [6.07, 6.45) is 2.64. The smallest absolute Gasteiger partial charge is 0.270 e. The highest BCUT2D eigenvalue weighted by Crippen LogP contribution is 2.19. The zero-order valence-electron chi connectivity index (χ0n) is 8.90. The van der Waals surface area contributed by atoms with Gasteiger partial charge in [0.15, 0.2) is 0 Å². The van der Waals surface area contributed by atoms with Crippen molar-refractivity contribution in [1.82, 2.24) is 10.2 Å². The average Bonchev–Trinajstić information content (AvgIpc) is 2.81. The Hall–Kier alpha value is -2.42. The Morgan fingerprint density at radius 3 is 2.78 bits per heavy atom. The van der Waals surface area contributed by atoms with E-state index in [1.165, 1.54) is 30.6 Å². The Morgan fingerprint density at radius 2 is 2.17 bits per heavy atom. The number of hydrogen-bond acceptors (Lipinski definition) is 5. The van der Waals surface area contributed by atoms with Crippen LogP contribution in [0, 0.1) is 10.1 Å². The molecule has 0 fully saturated rings. The van der Waals surface area contributed by atoms with Gasteiger partial charge in [-0.15, -0.1) is 0 Å². The van der Waals surface area contributed by atoms with Crippen LogP contribution in [0.15, 0.2) is 41.6 Å². The first kappa shape index (κ1) is 12.0. The number of anilines is 1. The van der Waals surface area contributed by atoms with Crippen LogP contribution in [0.3, 0.4) is 0 Å².